The molecule has 1 aliphatic rings. The summed E-state index contributed by atoms with van der Waals surface area (Å²) in [5.41, 5.74) is 0.0946. The van der Waals surface area contributed by atoms with E-state index in [0.29, 0.717) is 18.2 Å². The van der Waals surface area contributed by atoms with Crippen LogP contribution in [0, 0.1) is 5.41 Å². The first-order valence-corrected chi connectivity index (χ1v) is 7.15. The summed E-state index contributed by atoms with van der Waals surface area (Å²) < 4.78 is 5.43. The van der Waals surface area contributed by atoms with Gasteiger partial charge in [0.1, 0.15) is 5.76 Å². The third-order valence-corrected chi connectivity index (χ3v) is 4.37. The summed E-state index contributed by atoms with van der Waals surface area (Å²) in [6, 6.07) is 3.58. The molecule has 1 saturated carbocycles. The number of furan rings is 1. The molecule has 1 aromatic rings. The second-order valence-electron chi connectivity index (χ2n) is 5.14. The Morgan fingerprint density at radius 1 is 1.44 bits per heavy atom. The lowest BCUT2D eigenvalue weighted by Gasteiger charge is -2.26. The SMILES string of the molecule is CCc1ccc(C(=O)NCC2(CCl)CCCC2)o1. The smallest absolute Gasteiger partial charge is 0.287 e. The maximum Gasteiger partial charge on any atom is 0.287 e. The lowest BCUT2D eigenvalue weighted by molar-refractivity contribution is 0.0905. The fourth-order valence-corrected chi connectivity index (χ4v) is 2.89. The molecule has 1 amide bonds. The summed E-state index contributed by atoms with van der Waals surface area (Å²) in [6.45, 7) is 2.65. The van der Waals surface area contributed by atoms with Gasteiger partial charge in [0.25, 0.3) is 5.91 Å². The summed E-state index contributed by atoms with van der Waals surface area (Å²) >= 11 is 6.05. The summed E-state index contributed by atoms with van der Waals surface area (Å²) in [4.78, 5) is 11.9. The van der Waals surface area contributed by atoms with E-state index >= 15 is 0 Å². The van der Waals surface area contributed by atoms with E-state index in [-0.39, 0.29) is 11.3 Å². The van der Waals surface area contributed by atoms with Gasteiger partial charge in [-0.05, 0) is 25.0 Å². The van der Waals surface area contributed by atoms with E-state index in [9.17, 15) is 4.79 Å². The minimum Gasteiger partial charge on any atom is -0.456 e. The zero-order valence-electron chi connectivity index (χ0n) is 10.8. The first-order valence-electron chi connectivity index (χ1n) is 6.62. The van der Waals surface area contributed by atoms with E-state index in [1.54, 1.807) is 6.07 Å². The van der Waals surface area contributed by atoms with Gasteiger partial charge in [0.05, 0.1) is 0 Å². The first kappa shape index (κ1) is 13.5. The number of rotatable bonds is 5. The van der Waals surface area contributed by atoms with Crippen molar-refractivity contribution in [2.75, 3.05) is 12.4 Å². The van der Waals surface area contributed by atoms with Crippen LogP contribution < -0.4 is 5.32 Å². The molecular weight excluding hydrogens is 250 g/mol. The van der Waals surface area contributed by atoms with Crippen molar-refractivity contribution in [3.05, 3.63) is 23.7 Å². The Hall–Kier alpha value is -0.960. The number of halogens is 1. The number of hydrogen-bond acceptors (Lipinski definition) is 2. The van der Waals surface area contributed by atoms with E-state index in [2.05, 4.69) is 5.32 Å². The lowest BCUT2D eigenvalue weighted by atomic mass is 9.88. The highest BCUT2D eigenvalue weighted by atomic mass is 35.5. The van der Waals surface area contributed by atoms with Gasteiger partial charge in [-0.3, -0.25) is 4.79 Å². The van der Waals surface area contributed by atoms with E-state index in [1.807, 2.05) is 13.0 Å². The molecule has 0 atom stereocenters. The molecule has 0 spiro atoms. The van der Waals surface area contributed by atoms with Crippen molar-refractivity contribution in [2.24, 2.45) is 5.41 Å². The monoisotopic (exact) mass is 269 g/mol. The number of nitrogens with one attached hydrogen (secondary N) is 1. The van der Waals surface area contributed by atoms with E-state index in [1.165, 1.54) is 12.8 Å². The molecule has 1 heterocycles. The van der Waals surface area contributed by atoms with Crippen molar-refractivity contribution in [1.29, 1.82) is 0 Å². The van der Waals surface area contributed by atoms with Crippen molar-refractivity contribution < 1.29 is 9.21 Å². The molecule has 1 aromatic heterocycles. The Kier molecular flexibility index (Phi) is 4.33. The van der Waals surface area contributed by atoms with Crippen LogP contribution in [-0.2, 0) is 6.42 Å². The molecule has 18 heavy (non-hydrogen) atoms. The molecule has 4 heteroatoms. The quantitative estimate of drug-likeness (QED) is 0.833. The standard InChI is InChI=1S/C14H20ClNO2/c1-2-11-5-6-12(18-11)13(17)16-10-14(9-15)7-3-4-8-14/h5-6H,2-4,7-10H2,1H3,(H,16,17). The highest BCUT2D eigenvalue weighted by molar-refractivity contribution is 6.18. The largest absolute Gasteiger partial charge is 0.456 e. The van der Waals surface area contributed by atoms with Crippen LogP contribution in [0.25, 0.3) is 0 Å². The second-order valence-corrected chi connectivity index (χ2v) is 5.41. The normalized spacial score (nSPS) is 17.9. The average Bonchev–Trinajstić information content (AvgIpc) is 3.05. The molecular formula is C14H20ClNO2. The fourth-order valence-electron chi connectivity index (χ4n) is 2.53. The van der Waals surface area contributed by atoms with Gasteiger partial charge >= 0.3 is 0 Å². The number of aryl methyl sites for hydroxylation is 1. The van der Waals surface area contributed by atoms with Gasteiger partial charge in [-0.2, -0.15) is 0 Å². The zero-order chi connectivity index (χ0) is 13.0. The molecule has 3 nitrogen and oxygen atoms in total. The minimum atomic E-state index is -0.133. The topological polar surface area (TPSA) is 42.2 Å². The number of alkyl halides is 1. The van der Waals surface area contributed by atoms with Gasteiger partial charge in [0.15, 0.2) is 5.76 Å². The summed E-state index contributed by atoms with van der Waals surface area (Å²) in [6.07, 6.45) is 5.44. The van der Waals surface area contributed by atoms with Crippen LogP contribution >= 0.6 is 11.6 Å². The van der Waals surface area contributed by atoms with Crippen LogP contribution in [0.1, 0.15) is 48.9 Å². The lowest BCUT2D eigenvalue weighted by Crippen LogP contribution is -2.37. The summed E-state index contributed by atoms with van der Waals surface area (Å²) in [7, 11) is 0. The van der Waals surface area contributed by atoms with Gasteiger partial charge in [0.2, 0.25) is 0 Å². The zero-order valence-corrected chi connectivity index (χ0v) is 11.6. The summed E-state index contributed by atoms with van der Waals surface area (Å²) in [5.74, 6) is 1.72. The van der Waals surface area contributed by atoms with Crippen LogP contribution in [-0.4, -0.2) is 18.3 Å². The predicted octanol–water partition coefficient (Wildman–Crippen LogP) is 3.37. The Morgan fingerprint density at radius 2 is 2.17 bits per heavy atom. The van der Waals surface area contributed by atoms with Crippen LogP contribution in [0.2, 0.25) is 0 Å². The molecule has 0 aromatic carbocycles. The van der Waals surface area contributed by atoms with Gasteiger partial charge in [-0.15, -0.1) is 11.6 Å². The Morgan fingerprint density at radius 3 is 2.72 bits per heavy atom. The fraction of sp³-hybridized carbons (Fsp3) is 0.643. The maximum atomic E-state index is 11.9. The van der Waals surface area contributed by atoms with Crippen molar-refractivity contribution in [2.45, 2.75) is 39.0 Å². The van der Waals surface area contributed by atoms with Crippen molar-refractivity contribution in [3.8, 4) is 0 Å². The Labute approximate surface area is 113 Å². The van der Waals surface area contributed by atoms with Gasteiger partial charge in [-0.1, -0.05) is 19.8 Å². The summed E-state index contributed by atoms with van der Waals surface area (Å²) in [5, 5.41) is 2.95. The Bertz CT molecular complexity index is 408. The van der Waals surface area contributed by atoms with Crippen LogP contribution in [0.3, 0.4) is 0 Å². The van der Waals surface area contributed by atoms with Gasteiger partial charge in [0, 0.05) is 24.3 Å². The van der Waals surface area contributed by atoms with Gasteiger partial charge < -0.3 is 9.73 Å². The van der Waals surface area contributed by atoms with Crippen LogP contribution in [0.4, 0.5) is 0 Å². The van der Waals surface area contributed by atoms with Gasteiger partial charge in [-0.25, -0.2) is 0 Å². The average molecular weight is 270 g/mol. The molecule has 0 aliphatic heterocycles. The molecule has 0 radical (unpaired) electrons. The van der Waals surface area contributed by atoms with E-state index in [0.717, 1.165) is 25.0 Å². The highest BCUT2D eigenvalue weighted by Crippen LogP contribution is 2.38. The predicted molar refractivity (Wildman–Crippen MR) is 72.0 cm³/mol. The van der Waals surface area contributed by atoms with Crippen molar-refractivity contribution in [1.82, 2.24) is 5.32 Å². The maximum absolute atomic E-state index is 11.9. The molecule has 0 unspecified atom stereocenters. The number of hydrogen-bond donors (Lipinski definition) is 1. The molecule has 1 aliphatic carbocycles. The second kappa shape index (κ2) is 5.79. The van der Waals surface area contributed by atoms with Crippen LogP contribution in [0.15, 0.2) is 16.5 Å². The third kappa shape index (κ3) is 2.89. The molecule has 1 fully saturated rings. The van der Waals surface area contributed by atoms with Crippen LogP contribution in [0.5, 0.6) is 0 Å². The van der Waals surface area contributed by atoms with E-state index in [4.69, 9.17) is 16.0 Å². The first-order chi connectivity index (χ1) is 8.69. The highest BCUT2D eigenvalue weighted by Gasteiger charge is 2.33. The molecule has 1 N–H and O–H groups in total. The molecule has 100 valence electrons. The van der Waals surface area contributed by atoms with Crippen molar-refractivity contribution in [3.63, 3.8) is 0 Å². The molecule has 2 rings (SSSR count). The number of carbonyl (C=O) groups excluding carboxylic acids is 1. The number of carbonyl (C=O) groups is 1. The number of amides is 1. The molecule has 0 saturated heterocycles. The van der Waals surface area contributed by atoms with Crippen molar-refractivity contribution >= 4 is 17.5 Å². The minimum absolute atomic E-state index is 0.0946. The Balaban J connectivity index is 1.91. The van der Waals surface area contributed by atoms with E-state index < -0.39 is 0 Å². The third-order valence-electron chi connectivity index (χ3n) is 3.81. The molecule has 0 bridgehead atoms.